The van der Waals surface area contributed by atoms with Crippen LogP contribution < -0.4 is 5.32 Å². The zero-order valence-electron chi connectivity index (χ0n) is 9.78. The SMILES string of the molecule is CN(C1CCCNCC1)C1CCCC1O. The van der Waals surface area contributed by atoms with Crippen LogP contribution >= 0.6 is 0 Å². The second-order valence-electron chi connectivity index (χ2n) is 5.07. The summed E-state index contributed by atoms with van der Waals surface area (Å²) in [5.41, 5.74) is 0. The average molecular weight is 212 g/mol. The van der Waals surface area contributed by atoms with Gasteiger partial charge in [0.1, 0.15) is 0 Å². The molecule has 0 aromatic carbocycles. The van der Waals surface area contributed by atoms with E-state index in [9.17, 15) is 5.11 Å². The number of nitrogens with one attached hydrogen (secondary N) is 1. The highest BCUT2D eigenvalue weighted by Crippen LogP contribution is 2.26. The number of nitrogens with zero attached hydrogens (tertiary/aromatic N) is 1. The van der Waals surface area contributed by atoms with E-state index in [0.717, 1.165) is 19.5 Å². The summed E-state index contributed by atoms with van der Waals surface area (Å²) >= 11 is 0. The first-order valence-electron chi connectivity index (χ1n) is 6.40. The van der Waals surface area contributed by atoms with Crippen LogP contribution in [0.1, 0.15) is 38.5 Å². The molecule has 2 N–H and O–H groups in total. The van der Waals surface area contributed by atoms with Gasteiger partial charge < -0.3 is 10.4 Å². The molecule has 1 saturated heterocycles. The van der Waals surface area contributed by atoms with Crippen LogP contribution in [0.5, 0.6) is 0 Å². The highest BCUT2D eigenvalue weighted by molar-refractivity contribution is 4.87. The number of hydrogen-bond acceptors (Lipinski definition) is 3. The van der Waals surface area contributed by atoms with E-state index in [2.05, 4.69) is 17.3 Å². The van der Waals surface area contributed by atoms with Gasteiger partial charge in [-0.25, -0.2) is 0 Å². The van der Waals surface area contributed by atoms with Crippen LogP contribution in [0, 0.1) is 0 Å². The van der Waals surface area contributed by atoms with Crippen molar-refractivity contribution in [2.24, 2.45) is 0 Å². The second-order valence-corrected chi connectivity index (χ2v) is 5.07. The summed E-state index contributed by atoms with van der Waals surface area (Å²) in [6.45, 7) is 2.30. The van der Waals surface area contributed by atoms with Crippen LogP contribution in [-0.4, -0.2) is 48.3 Å². The summed E-state index contributed by atoms with van der Waals surface area (Å²) in [5, 5.41) is 13.3. The third-order valence-corrected chi connectivity index (χ3v) is 4.09. The summed E-state index contributed by atoms with van der Waals surface area (Å²) in [7, 11) is 2.20. The van der Waals surface area contributed by atoms with Crippen LogP contribution in [0.3, 0.4) is 0 Å². The molecular formula is C12H24N2O. The molecule has 3 heteroatoms. The van der Waals surface area contributed by atoms with E-state index in [1.165, 1.54) is 32.1 Å². The average Bonchev–Trinajstić information content (AvgIpc) is 2.53. The van der Waals surface area contributed by atoms with E-state index in [1.54, 1.807) is 0 Å². The fraction of sp³-hybridized carbons (Fsp3) is 1.00. The van der Waals surface area contributed by atoms with Gasteiger partial charge in [-0.2, -0.15) is 0 Å². The van der Waals surface area contributed by atoms with Gasteiger partial charge >= 0.3 is 0 Å². The van der Waals surface area contributed by atoms with Gasteiger partial charge in [0.2, 0.25) is 0 Å². The third-order valence-electron chi connectivity index (χ3n) is 4.09. The van der Waals surface area contributed by atoms with Crippen molar-refractivity contribution in [2.75, 3.05) is 20.1 Å². The lowest BCUT2D eigenvalue weighted by Crippen LogP contribution is -2.44. The molecule has 2 fully saturated rings. The van der Waals surface area contributed by atoms with E-state index in [4.69, 9.17) is 0 Å². The summed E-state index contributed by atoms with van der Waals surface area (Å²) in [6, 6.07) is 1.10. The Morgan fingerprint density at radius 3 is 2.67 bits per heavy atom. The molecule has 0 aromatic rings. The van der Waals surface area contributed by atoms with Crippen molar-refractivity contribution in [3.63, 3.8) is 0 Å². The first-order valence-corrected chi connectivity index (χ1v) is 6.40. The van der Waals surface area contributed by atoms with Crippen molar-refractivity contribution >= 4 is 0 Å². The summed E-state index contributed by atoms with van der Waals surface area (Å²) in [5.74, 6) is 0. The van der Waals surface area contributed by atoms with E-state index in [1.807, 2.05) is 0 Å². The molecule has 0 radical (unpaired) electrons. The Labute approximate surface area is 92.8 Å². The van der Waals surface area contributed by atoms with Crippen molar-refractivity contribution in [3.8, 4) is 0 Å². The molecule has 3 atom stereocenters. The van der Waals surface area contributed by atoms with Gasteiger partial charge in [-0.05, 0) is 58.7 Å². The Morgan fingerprint density at radius 1 is 1.07 bits per heavy atom. The fourth-order valence-electron chi connectivity index (χ4n) is 3.07. The van der Waals surface area contributed by atoms with E-state index >= 15 is 0 Å². The molecule has 1 aliphatic heterocycles. The molecule has 88 valence electrons. The molecule has 0 spiro atoms. The first kappa shape index (κ1) is 11.4. The quantitative estimate of drug-likeness (QED) is 0.716. The van der Waals surface area contributed by atoms with Crippen LogP contribution in [0.4, 0.5) is 0 Å². The Morgan fingerprint density at radius 2 is 1.93 bits per heavy atom. The van der Waals surface area contributed by atoms with E-state index in [-0.39, 0.29) is 6.10 Å². The van der Waals surface area contributed by atoms with Crippen LogP contribution in [0.15, 0.2) is 0 Å². The molecule has 15 heavy (non-hydrogen) atoms. The zero-order chi connectivity index (χ0) is 10.7. The van der Waals surface area contributed by atoms with Gasteiger partial charge in [-0.3, -0.25) is 4.90 Å². The Hall–Kier alpha value is -0.120. The highest BCUT2D eigenvalue weighted by atomic mass is 16.3. The fourth-order valence-corrected chi connectivity index (χ4v) is 3.07. The third kappa shape index (κ3) is 2.71. The Kier molecular flexibility index (Phi) is 4.00. The van der Waals surface area contributed by atoms with Crippen molar-refractivity contribution in [3.05, 3.63) is 0 Å². The smallest absolute Gasteiger partial charge is 0.0695 e. The molecule has 0 amide bonds. The second kappa shape index (κ2) is 5.28. The Balaban J connectivity index is 1.90. The van der Waals surface area contributed by atoms with Gasteiger partial charge in [0.25, 0.3) is 0 Å². The molecule has 2 aliphatic rings. The van der Waals surface area contributed by atoms with Crippen molar-refractivity contribution < 1.29 is 5.11 Å². The largest absolute Gasteiger partial charge is 0.391 e. The van der Waals surface area contributed by atoms with Gasteiger partial charge in [0.05, 0.1) is 6.10 Å². The van der Waals surface area contributed by atoms with Crippen LogP contribution in [-0.2, 0) is 0 Å². The van der Waals surface area contributed by atoms with Crippen LogP contribution in [0.25, 0.3) is 0 Å². The Bertz CT molecular complexity index is 190. The highest BCUT2D eigenvalue weighted by Gasteiger charge is 2.32. The minimum Gasteiger partial charge on any atom is -0.391 e. The number of rotatable bonds is 2. The molecule has 1 heterocycles. The summed E-state index contributed by atoms with van der Waals surface area (Å²) < 4.78 is 0. The normalized spacial score (nSPS) is 38.2. The predicted octanol–water partition coefficient (Wildman–Crippen LogP) is 0.974. The molecule has 1 saturated carbocycles. The topological polar surface area (TPSA) is 35.5 Å². The summed E-state index contributed by atoms with van der Waals surface area (Å²) in [6.07, 6.45) is 7.10. The van der Waals surface area contributed by atoms with E-state index < -0.39 is 0 Å². The van der Waals surface area contributed by atoms with Gasteiger partial charge in [-0.1, -0.05) is 0 Å². The summed E-state index contributed by atoms with van der Waals surface area (Å²) in [4.78, 5) is 2.45. The maximum atomic E-state index is 9.90. The predicted molar refractivity (Wildman–Crippen MR) is 61.9 cm³/mol. The molecule has 2 rings (SSSR count). The molecule has 3 unspecified atom stereocenters. The van der Waals surface area contributed by atoms with Gasteiger partial charge in [0, 0.05) is 12.1 Å². The number of aliphatic hydroxyl groups is 1. The number of likely N-dealkylation sites (N-methyl/N-ethyl adjacent to an activating group) is 1. The lowest BCUT2D eigenvalue weighted by atomic mass is 10.0. The monoisotopic (exact) mass is 212 g/mol. The van der Waals surface area contributed by atoms with Crippen molar-refractivity contribution in [1.82, 2.24) is 10.2 Å². The maximum Gasteiger partial charge on any atom is 0.0695 e. The molecule has 3 nitrogen and oxygen atoms in total. The molecule has 0 aromatic heterocycles. The molecule has 0 bridgehead atoms. The lowest BCUT2D eigenvalue weighted by molar-refractivity contribution is 0.0576. The molecule has 1 aliphatic carbocycles. The minimum absolute atomic E-state index is 0.0776. The van der Waals surface area contributed by atoms with Gasteiger partial charge in [-0.15, -0.1) is 0 Å². The zero-order valence-corrected chi connectivity index (χ0v) is 9.78. The number of aliphatic hydroxyl groups excluding tert-OH is 1. The first-order chi connectivity index (χ1) is 7.29. The van der Waals surface area contributed by atoms with Gasteiger partial charge in [0.15, 0.2) is 0 Å². The minimum atomic E-state index is -0.0776. The van der Waals surface area contributed by atoms with Crippen molar-refractivity contribution in [2.45, 2.75) is 56.7 Å². The standard InChI is InChI=1S/C12H24N2O/c1-14(11-5-2-6-12(11)15)10-4-3-8-13-9-7-10/h10-13,15H,2-9H2,1H3. The van der Waals surface area contributed by atoms with Crippen LogP contribution in [0.2, 0.25) is 0 Å². The van der Waals surface area contributed by atoms with Crippen molar-refractivity contribution in [1.29, 1.82) is 0 Å². The number of hydrogen-bond donors (Lipinski definition) is 2. The molecular weight excluding hydrogens is 188 g/mol. The lowest BCUT2D eigenvalue weighted by Gasteiger charge is -2.34. The maximum absolute atomic E-state index is 9.90. The van der Waals surface area contributed by atoms with E-state index in [0.29, 0.717) is 12.1 Å².